The molecule has 0 aliphatic carbocycles. The number of ether oxygens (including phenoxy) is 1. The van der Waals surface area contributed by atoms with E-state index in [4.69, 9.17) is 27.9 Å². The van der Waals surface area contributed by atoms with Crippen LogP contribution in [0.25, 0.3) is 6.08 Å². The first-order valence-electron chi connectivity index (χ1n) is 5.92. The molecule has 2 aromatic rings. The van der Waals surface area contributed by atoms with Crippen molar-refractivity contribution in [3.63, 3.8) is 0 Å². The Hall–Kier alpha value is -1.77. The lowest BCUT2D eigenvalue weighted by atomic mass is 10.1. The highest BCUT2D eigenvalue weighted by atomic mass is 35.5. The summed E-state index contributed by atoms with van der Waals surface area (Å²) in [7, 11) is 1.60. The van der Waals surface area contributed by atoms with E-state index < -0.39 is 0 Å². The Bertz CT molecular complexity index is 626. The van der Waals surface area contributed by atoms with E-state index in [2.05, 4.69) is 0 Å². The zero-order valence-electron chi connectivity index (χ0n) is 10.8. The van der Waals surface area contributed by atoms with E-state index in [0.29, 0.717) is 15.6 Å². The summed E-state index contributed by atoms with van der Waals surface area (Å²) in [5, 5.41) is 0.698. The molecule has 0 bridgehead atoms. The molecule has 0 aliphatic rings. The van der Waals surface area contributed by atoms with Gasteiger partial charge in [0, 0.05) is 0 Å². The minimum absolute atomic E-state index is 0.226. The summed E-state index contributed by atoms with van der Waals surface area (Å²) in [6.45, 7) is 0. The third kappa shape index (κ3) is 3.41. The Morgan fingerprint density at radius 2 is 1.65 bits per heavy atom. The molecule has 2 rings (SSSR count). The molecule has 4 heteroatoms. The largest absolute Gasteiger partial charge is 0.497 e. The molecule has 0 unspecified atom stereocenters. The fourth-order valence-electron chi connectivity index (χ4n) is 1.70. The van der Waals surface area contributed by atoms with Crippen LogP contribution in [0.3, 0.4) is 0 Å². The molecule has 0 saturated heterocycles. The van der Waals surface area contributed by atoms with Crippen LogP contribution in [0, 0.1) is 0 Å². The van der Waals surface area contributed by atoms with E-state index in [0.717, 1.165) is 11.3 Å². The maximum Gasteiger partial charge on any atom is 0.188 e. The molecule has 0 saturated carbocycles. The topological polar surface area (TPSA) is 26.3 Å². The van der Waals surface area contributed by atoms with Crippen LogP contribution in [-0.2, 0) is 0 Å². The van der Waals surface area contributed by atoms with Crippen molar-refractivity contribution in [3.8, 4) is 5.75 Å². The number of ketones is 1. The van der Waals surface area contributed by atoms with Gasteiger partial charge in [0.05, 0.1) is 22.7 Å². The number of carbonyl (C=O) groups is 1. The molecule has 0 fully saturated rings. The zero-order chi connectivity index (χ0) is 14.5. The molecule has 0 aliphatic heterocycles. The van der Waals surface area contributed by atoms with Gasteiger partial charge in [-0.15, -0.1) is 0 Å². The molecule has 0 N–H and O–H groups in total. The molecule has 2 aromatic carbocycles. The van der Waals surface area contributed by atoms with Gasteiger partial charge in [-0.3, -0.25) is 4.79 Å². The van der Waals surface area contributed by atoms with Gasteiger partial charge in [-0.1, -0.05) is 47.5 Å². The lowest BCUT2D eigenvalue weighted by Gasteiger charge is -2.02. The van der Waals surface area contributed by atoms with Crippen molar-refractivity contribution in [1.82, 2.24) is 0 Å². The van der Waals surface area contributed by atoms with E-state index in [1.54, 1.807) is 31.4 Å². The van der Waals surface area contributed by atoms with Gasteiger partial charge in [-0.2, -0.15) is 0 Å². The van der Waals surface area contributed by atoms with Gasteiger partial charge in [-0.25, -0.2) is 0 Å². The van der Waals surface area contributed by atoms with Gasteiger partial charge in [0.15, 0.2) is 5.78 Å². The lowest BCUT2D eigenvalue weighted by molar-refractivity contribution is 0.104. The molecule has 20 heavy (non-hydrogen) atoms. The number of allylic oxidation sites excluding steroid dienone is 1. The molecule has 2 nitrogen and oxygen atoms in total. The van der Waals surface area contributed by atoms with E-state index in [-0.39, 0.29) is 5.78 Å². The number of carbonyl (C=O) groups excluding carboxylic acids is 1. The number of rotatable bonds is 4. The first-order chi connectivity index (χ1) is 9.61. The molecule has 102 valence electrons. The Balaban J connectivity index is 2.20. The van der Waals surface area contributed by atoms with E-state index in [1.165, 1.54) is 6.08 Å². The van der Waals surface area contributed by atoms with Crippen LogP contribution in [-0.4, -0.2) is 12.9 Å². The van der Waals surface area contributed by atoms with Crippen LogP contribution >= 0.6 is 23.2 Å². The van der Waals surface area contributed by atoms with Crippen molar-refractivity contribution >= 4 is 35.1 Å². The highest BCUT2D eigenvalue weighted by molar-refractivity contribution is 6.40. The Kier molecular flexibility index (Phi) is 4.83. The first-order valence-corrected chi connectivity index (χ1v) is 6.68. The van der Waals surface area contributed by atoms with Gasteiger partial charge in [0.25, 0.3) is 0 Å². The second-order valence-corrected chi connectivity index (χ2v) is 4.88. The Morgan fingerprint density at radius 1 is 1.05 bits per heavy atom. The van der Waals surface area contributed by atoms with Crippen molar-refractivity contribution in [2.45, 2.75) is 0 Å². The summed E-state index contributed by atoms with van der Waals surface area (Å²) < 4.78 is 5.07. The van der Waals surface area contributed by atoms with Crippen LogP contribution in [0.5, 0.6) is 5.75 Å². The van der Waals surface area contributed by atoms with Crippen molar-refractivity contribution < 1.29 is 9.53 Å². The normalized spacial score (nSPS) is 10.8. The van der Waals surface area contributed by atoms with Crippen molar-refractivity contribution in [3.05, 3.63) is 69.7 Å². The summed E-state index contributed by atoms with van der Waals surface area (Å²) >= 11 is 12.0. The van der Waals surface area contributed by atoms with Crippen molar-refractivity contribution in [2.75, 3.05) is 7.11 Å². The minimum Gasteiger partial charge on any atom is -0.497 e. The van der Waals surface area contributed by atoms with Crippen LogP contribution in [0.2, 0.25) is 10.0 Å². The Labute approximate surface area is 127 Å². The lowest BCUT2D eigenvalue weighted by Crippen LogP contribution is -1.96. The maximum atomic E-state index is 12.1. The SMILES string of the molecule is COc1ccc(/C=C/C(=O)c2c(Cl)cccc2Cl)cc1. The predicted octanol–water partition coefficient (Wildman–Crippen LogP) is 4.90. The smallest absolute Gasteiger partial charge is 0.188 e. The first kappa shape index (κ1) is 14.6. The average molecular weight is 307 g/mol. The fraction of sp³-hybridized carbons (Fsp3) is 0.0625. The second-order valence-electron chi connectivity index (χ2n) is 4.07. The average Bonchev–Trinajstić information content (AvgIpc) is 2.45. The van der Waals surface area contributed by atoms with Crippen molar-refractivity contribution in [1.29, 1.82) is 0 Å². The molecular weight excluding hydrogens is 295 g/mol. The van der Waals surface area contributed by atoms with Gasteiger partial charge < -0.3 is 4.74 Å². The second kappa shape index (κ2) is 6.60. The Morgan fingerprint density at radius 3 is 2.20 bits per heavy atom. The zero-order valence-corrected chi connectivity index (χ0v) is 12.3. The number of halogens is 2. The molecule has 0 heterocycles. The van der Waals surface area contributed by atoms with Crippen LogP contribution < -0.4 is 4.74 Å². The maximum absolute atomic E-state index is 12.1. The monoisotopic (exact) mass is 306 g/mol. The quantitative estimate of drug-likeness (QED) is 0.593. The van der Waals surface area contributed by atoms with E-state index in [1.807, 2.05) is 24.3 Å². The van der Waals surface area contributed by atoms with Crippen molar-refractivity contribution in [2.24, 2.45) is 0 Å². The highest BCUT2D eigenvalue weighted by Crippen LogP contribution is 2.25. The molecule has 0 amide bonds. The fourth-order valence-corrected chi connectivity index (χ4v) is 2.29. The molecule has 0 aromatic heterocycles. The number of methoxy groups -OCH3 is 1. The van der Waals surface area contributed by atoms with E-state index >= 15 is 0 Å². The summed E-state index contributed by atoms with van der Waals surface area (Å²) in [5.74, 6) is 0.541. The summed E-state index contributed by atoms with van der Waals surface area (Å²) in [5.41, 5.74) is 1.21. The molecule has 0 spiro atoms. The highest BCUT2D eigenvalue weighted by Gasteiger charge is 2.11. The minimum atomic E-state index is -0.226. The summed E-state index contributed by atoms with van der Waals surface area (Å²) in [6.07, 6.45) is 3.16. The summed E-state index contributed by atoms with van der Waals surface area (Å²) in [6, 6.07) is 12.4. The third-order valence-corrected chi connectivity index (χ3v) is 3.38. The van der Waals surface area contributed by atoms with Crippen LogP contribution in [0.15, 0.2) is 48.5 Å². The van der Waals surface area contributed by atoms with Gasteiger partial charge in [0.1, 0.15) is 5.75 Å². The van der Waals surface area contributed by atoms with Gasteiger partial charge in [0.2, 0.25) is 0 Å². The van der Waals surface area contributed by atoms with Crippen LogP contribution in [0.4, 0.5) is 0 Å². The summed E-state index contributed by atoms with van der Waals surface area (Å²) in [4.78, 5) is 12.1. The third-order valence-electron chi connectivity index (χ3n) is 2.75. The molecule has 0 radical (unpaired) electrons. The van der Waals surface area contributed by atoms with Gasteiger partial charge in [-0.05, 0) is 35.9 Å². The number of hydrogen-bond acceptors (Lipinski definition) is 2. The number of benzene rings is 2. The molecule has 0 atom stereocenters. The van der Waals surface area contributed by atoms with E-state index in [9.17, 15) is 4.79 Å². The predicted molar refractivity (Wildman–Crippen MR) is 82.8 cm³/mol. The van der Waals surface area contributed by atoms with Crippen LogP contribution in [0.1, 0.15) is 15.9 Å². The molecular formula is C16H12Cl2O2. The standard InChI is InChI=1S/C16H12Cl2O2/c1-20-12-8-5-11(6-9-12)7-10-15(19)16-13(17)3-2-4-14(16)18/h2-10H,1H3/b10-7+. The van der Waals surface area contributed by atoms with Gasteiger partial charge >= 0.3 is 0 Å². The number of hydrogen-bond donors (Lipinski definition) is 0.